The second-order valence-corrected chi connectivity index (χ2v) is 5.68. The lowest BCUT2D eigenvalue weighted by Gasteiger charge is -2.33. The van der Waals surface area contributed by atoms with Crippen molar-refractivity contribution in [3.8, 4) is 0 Å². The largest absolute Gasteiger partial charge is 0.468 e. The molecule has 0 aliphatic carbocycles. The summed E-state index contributed by atoms with van der Waals surface area (Å²) >= 11 is 1.52. The Morgan fingerprint density at radius 1 is 1.38 bits per heavy atom. The van der Waals surface area contributed by atoms with Gasteiger partial charge in [-0.15, -0.1) is 0 Å². The lowest BCUT2D eigenvalue weighted by atomic mass is 10.1. The Bertz CT molecular complexity index is 548. The second kappa shape index (κ2) is 6.89. The van der Waals surface area contributed by atoms with Crippen LogP contribution in [0.1, 0.15) is 22.2 Å². The minimum Gasteiger partial charge on any atom is -0.468 e. The van der Waals surface area contributed by atoms with Gasteiger partial charge in [-0.25, -0.2) is 0 Å². The number of hydrogen-bond acceptors (Lipinski definition) is 5. The summed E-state index contributed by atoms with van der Waals surface area (Å²) in [5.41, 5.74) is 0.708. The van der Waals surface area contributed by atoms with E-state index >= 15 is 0 Å². The maximum absolute atomic E-state index is 12.1. The molecule has 1 fully saturated rings. The molecule has 2 aromatic heterocycles. The molecule has 6 heteroatoms. The van der Waals surface area contributed by atoms with Crippen molar-refractivity contribution in [1.29, 1.82) is 0 Å². The number of nitrogens with zero attached hydrogens (tertiary/aromatic N) is 1. The molecule has 3 heterocycles. The number of furan rings is 1. The predicted molar refractivity (Wildman–Crippen MR) is 80.5 cm³/mol. The second-order valence-electron chi connectivity index (χ2n) is 4.90. The first-order chi connectivity index (χ1) is 10.3. The van der Waals surface area contributed by atoms with Gasteiger partial charge in [-0.3, -0.25) is 9.69 Å². The third-order valence-corrected chi connectivity index (χ3v) is 4.28. The van der Waals surface area contributed by atoms with E-state index in [9.17, 15) is 4.79 Å². The topological polar surface area (TPSA) is 54.7 Å². The van der Waals surface area contributed by atoms with Crippen LogP contribution in [0, 0.1) is 0 Å². The lowest BCUT2D eigenvalue weighted by molar-refractivity contribution is 0.0118. The average molecular weight is 306 g/mol. The van der Waals surface area contributed by atoms with Gasteiger partial charge in [0.05, 0.1) is 25.5 Å². The van der Waals surface area contributed by atoms with Gasteiger partial charge in [0.2, 0.25) is 0 Å². The number of nitrogens with one attached hydrogen (secondary N) is 1. The van der Waals surface area contributed by atoms with E-state index in [1.54, 1.807) is 6.26 Å². The van der Waals surface area contributed by atoms with Gasteiger partial charge in [0, 0.05) is 30.6 Å². The van der Waals surface area contributed by atoms with Crippen LogP contribution in [-0.2, 0) is 4.74 Å². The number of hydrogen-bond donors (Lipinski definition) is 1. The number of morpholine rings is 1. The van der Waals surface area contributed by atoms with Gasteiger partial charge in [0.15, 0.2) is 0 Å². The summed E-state index contributed by atoms with van der Waals surface area (Å²) in [5.74, 6) is 0.837. The summed E-state index contributed by atoms with van der Waals surface area (Å²) in [6, 6.07) is 5.71. The molecular weight excluding hydrogens is 288 g/mol. The molecule has 21 heavy (non-hydrogen) atoms. The van der Waals surface area contributed by atoms with E-state index in [1.165, 1.54) is 11.3 Å². The smallest absolute Gasteiger partial charge is 0.252 e. The summed E-state index contributed by atoms with van der Waals surface area (Å²) in [6.07, 6.45) is 1.67. The van der Waals surface area contributed by atoms with E-state index in [0.717, 1.165) is 32.1 Å². The first-order valence-electron chi connectivity index (χ1n) is 7.00. The molecule has 0 unspecified atom stereocenters. The summed E-state index contributed by atoms with van der Waals surface area (Å²) in [7, 11) is 0. The molecule has 1 atom stereocenters. The number of carbonyl (C=O) groups is 1. The number of amides is 1. The fourth-order valence-electron chi connectivity index (χ4n) is 2.46. The monoisotopic (exact) mass is 306 g/mol. The Labute approximate surface area is 127 Å². The summed E-state index contributed by atoms with van der Waals surface area (Å²) < 4.78 is 10.9. The highest BCUT2D eigenvalue weighted by molar-refractivity contribution is 7.08. The molecule has 0 bridgehead atoms. The fourth-order valence-corrected chi connectivity index (χ4v) is 3.10. The van der Waals surface area contributed by atoms with Crippen molar-refractivity contribution in [3.63, 3.8) is 0 Å². The number of rotatable bonds is 5. The van der Waals surface area contributed by atoms with Crippen molar-refractivity contribution in [1.82, 2.24) is 10.2 Å². The molecule has 0 spiro atoms. The van der Waals surface area contributed by atoms with Crippen molar-refractivity contribution in [2.24, 2.45) is 0 Å². The van der Waals surface area contributed by atoms with Crippen LogP contribution in [0.4, 0.5) is 0 Å². The van der Waals surface area contributed by atoms with Crippen molar-refractivity contribution in [2.45, 2.75) is 6.04 Å². The molecule has 5 nitrogen and oxygen atoms in total. The molecule has 1 amide bonds. The van der Waals surface area contributed by atoms with Crippen LogP contribution in [0.25, 0.3) is 0 Å². The minimum absolute atomic E-state index is 0.0407. The quantitative estimate of drug-likeness (QED) is 0.919. The molecular formula is C15H18N2O3S. The van der Waals surface area contributed by atoms with Gasteiger partial charge in [-0.05, 0) is 23.6 Å². The van der Waals surface area contributed by atoms with Crippen LogP contribution in [0.3, 0.4) is 0 Å². The third kappa shape index (κ3) is 3.53. The summed E-state index contributed by atoms with van der Waals surface area (Å²) in [6.45, 7) is 3.66. The Morgan fingerprint density at radius 3 is 2.90 bits per heavy atom. The zero-order valence-electron chi connectivity index (χ0n) is 11.7. The molecule has 1 aliphatic rings. The Balaban J connectivity index is 1.66. The highest BCUT2D eigenvalue weighted by atomic mass is 32.1. The number of ether oxygens (including phenoxy) is 1. The van der Waals surface area contributed by atoms with Crippen LogP contribution >= 0.6 is 11.3 Å². The summed E-state index contributed by atoms with van der Waals surface area (Å²) in [4.78, 5) is 14.4. The maximum atomic E-state index is 12.1. The van der Waals surface area contributed by atoms with Crippen molar-refractivity contribution in [2.75, 3.05) is 32.8 Å². The van der Waals surface area contributed by atoms with Crippen molar-refractivity contribution in [3.05, 3.63) is 46.5 Å². The number of thiophene rings is 1. The van der Waals surface area contributed by atoms with Crippen molar-refractivity contribution < 1.29 is 13.9 Å². The van der Waals surface area contributed by atoms with E-state index in [0.29, 0.717) is 12.1 Å². The molecule has 1 aliphatic heterocycles. The van der Waals surface area contributed by atoms with E-state index in [4.69, 9.17) is 9.15 Å². The Morgan fingerprint density at radius 2 is 2.24 bits per heavy atom. The van der Waals surface area contributed by atoms with E-state index < -0.39 is 0 Å². The van der Waals surface area contributed by atoms with Crippen LogP contribution in [0.2, 0.25) is 0 Å². The van der Waals surface area contributed by atoms with Gasteiger partial charge in [0.1, 0.15) is 5.76 Å². The Hall–Kier alpha value is -1.63. The fraction of sp³-hybridized carbons (Fsp3) is 0.400. The predicted octanol–water partition coefficient (Wildman–Crippen LogP) is 2.14. The molecule has 1 saturated heterocycles. The van der Waals surface area contributed by atoms with Crippen molar-refractivity contribution >= 4 is 17.2 Å². The zero-order valence-corrected chi connectivity index (χ0v) is 12.5. The highest BCUT2D eigenvalue weighted by Gasteiger charge is 2.25. The molecule has 0 aromatic carbocycles. The summed E-state index contributed by atoms with van der Waals surface area (Å²) in [5, 5.41) is 6.75. The Kier molecular flexibility index (Phi) is 4.69. The lowest BCUT2D eigenvalue weighted by Crippen LogP contribution is -2.43. The third-order valence-electron chi connectivity index (χ3n) is 3.60. The number of carbonyl (C=O) groups excluding carboxylic acids is 1. The molecule has 2 aromatic rings. The molecule has 3 rings (SSSR count). The van der Waals surface area contributed by atoms with Crippen LogP contribution in [-0.4, -0.2) is 43.7 Å². The average Bonchev–Trinajstić information content (AvgIpc) is 3.22. The van der Waals surface area contributed by atoms with Gasteiger partial charge >= 0.3 is 0 Å². The van der Waals surface area contributed by atoms with E-state index in [-0.39, 0.29) is 11.9 Å². The molecule has 112 valence electrons. The molecule has 1 N–H and O–H groups in total. The minimum atomic E-state index is -0.0407. The maximum Gasteiger partial charge on any atom is 0.252 e. The first kappa shape index (κ1) is 14.3. The zero-order chi connectivity index (χ0) is 14.5. The normalized spacial score (nSPS) is 17.5. The highest BCUT2D eigenvalue weighted by Crippen LogP contribution is 2.21. The SMILES string of the molecule is O=C(NC[C@@H](c1ccco1)N1CCOCC1)c1ccsc1. The molecule has 0 radical (unpaired) electrons. The van der Waals surface area contributed by atoms with E-state index in [2.05, 4.69) is 10.2 Å². The standard InChI is InChI=1S/C15H18N2O3S/c18-15(12-3-9-21-11-12)16-10-13(14-2-1-6-20-14)17-4-7-19-8-5-17/h1-3,6,9,11,13H,4-5,7-8,10H2,(H,16,18)/t13-/m0/s1. The van der Waals surface area contributed by atoms with Gasteiger partial charge in [0.25, 0.3) is 5.91 Å². The van der Waals surface area contributed by atoms with Crippen LogP contribution < -0.4 is 5.32 Å². The first-order valence-corrected chi connectivity index (χ1v) is 7.94. The van der Waals surface area contributed by atoms with Gasteiger partial charge in [-0.1, -0.05) is 0 Å². The van der Waals surface area contributed by atoms with Crippen LogP contribution in [0.5, 0.6) is 0 Å². The van der Waals surface area contributed by atoms with Gasteiger partial charge in [-0.2, -0.15) is 11.3 Å². The molecule has 0 saturated carbocycles. The van der Waals surface area contributed by atoms with Crippen LogP contribution in [0.15, 0.2) is 39.6 Å². The van der Waals surface area contributed by atoms with Gasteiger partial charge < -0.3 is 14.5 Å². The van der Waals surface area contributed by atoms with E-state index in [1.807, 2.05) is 29.0 Å².